The molecule has 116 valence electrons. The van der Waals surface area contributed by atoms with Crippen molar-refractivity contribution in [3.05, 3.63) is 23.8 Å². The summed E-state index contributed by atoms with van der Waals surface area (Å²) < 4.78 is 10.6. The first-order valence-corrected chi connectivity index (χ1v) is 6.54. The normalized spacial score (nSPS) is 10.3. The first-order chi connectivity index (χ1) is 9.92. The predicted molar refractivity (Wildman–Crippen MR) is 78.2 cm³/mol. The summed E-state index contributed by atoms with van der Waals surface area (Å²) in [5.74, 6) is 0.647. The summed E-state index contributed by atoms with van der Waals surface area (Å²) in [5, 5.41) is 5.20. The molecule has 0 aliphatic rings. The molecule has 0 saturated carbocycles. The van der Waals surface area contributed by atoms with Gasteiger partial charge in [0, 0.05) is 18.2 Å². The lowest BCUT2D eigenvalue weighted by Gasteiger charge is -2.14. The number of carbonyl (C=O) groups is 2. The van der Waals surface area contributed by atoms with Crippen molar-refractivity contribution in [2.45, 2.75) is 26.4 Å². The first-order valence-electron chi connectivity index (χ1n) is 6.54. The second-order valence-electron chi connectivity index (χ2n) is 4.71. The van der Waals surface area contributed by atoms with E-state index in [1.54, 1.807) is 19.2 Å². The average molecular weight is 295 g/mol. The molecule has 1 aromatic carbocycles. The number of urea groups is 1. The third-order valence-electron chi connectivity index (χ3n) is 2.59. The number of amides is 3. The molecule has 0 saturated heterocycles. The van der Waals surface area contributed by atoms with E-state index in [2.05, 4.69) is 5.32 Å². The van der Waals surface area contributed by atoms with Crippen LogP contribution in [0.5, 0.6) is 11.5 Å². The van der Waals surface area contributed by atoms with E-state index in [-0.39, 0.29) is 6.61 Å². The lowest BCUT2D eigenvalue weighted by molar-refractivity contribution is -0.121. The molecule has 0 spiro atoms. The summed E-state index contributed by atoms with van der Waals surface area (Å²) in [6.07, 6.45) is 0. The topological polar surface area (TPSA) is 103 Å². The van der Waals surface area contributed by atoms with Crippen LogP contribution in [0.1, 0.15) is 19.4 Å². The summed E-state index contributed by atoms with van der Waals surface area (Å²) in [7, 11) is 1.58. The van der Waals surface area contributed by atoms with Gasteiger partial charge in [0.1, 0.15) is 11.5 Å². The summed E-state index contributed by atoms with van der Waals surface area (Å²) in [6, 6.07) is 4.69. The summed E-state index contributed by atoms with van der Waals surface area (Å²) >= 11 is 0. The van der Waals surface area contributed by atoms with Crippen LogP contribution in [0.15, 0.2) is 18.2 Å². The highest BCUT2D eigenvalue weighted by Crippen LogP contribution is 2.24. The Hall–Kier alpha value is -2.28. The maximum absolute atomic E-state index is 11.4. The van der Waals surface area contributed by atoms with E-state index in [0.29, 0.717) is 24.1 Å². The van der Waals surface area contributed by atoms with Crippen LogP contribution in [0.3, 0.4) is 0 Å². The van der Waals surface area contributed by atoms with Crippen LogP contribution in [0.2, 0.25) is 0 Å². The van der Waals surface area contributed by atoms with E-state index in [9.17, 15) is 9.59 Å². The third-order valence-corrected chi connectivity index (χ3v) is 2.59. The Morgan fingerprint density at radius 1 is 1.33 bits per heavy atom. The van der Waals surface area contributed by atoms with Crippen LogP contribution in [0.4, 0.5) is 4.79 Å². The van der Waals surface area contributed by atoms with Gasteiger partial charge < -0.3 is 20.5 Å². The molecule has 7 nitrogen and oxygen atoms in total. The number of imide groups is 1. The number of primary amides is 1. The molecule has 0 radical (unpaired) electrons. The number of nitrogens with one attached hydrogen (secondary N) is 2. The van der Waals surface area contributed by atoms with Crippen molar-refractivity contribution in [1.29, 1.82) is 0 Å². The number of hydrogen-bond acceptors (Lipinski definition) is 5. The largest absolute Gasteiger partial charge is 0.497 e. The van der Waals surface area contributed by atoms with Crippen LogP contribution >= 0.6 is 0 Å². The smallest absolute Gasteiger partial charge is 0.318 e. The summed E-state index contributed by atoms with van der Waals surface area (Å²) in [6.45, 7) is 4.34. The number of rotatable bonds is 7. The molecule has 0 unspecified atom stereocenters. The number of carbonyl (C=O) groups excluding carboxylic acids is 2. The SMILES string of the molecule is COc1ccc(OCC(=O)NC(N)=O)c(CNC(C)C)c1. The molecule has 4 N–H and O–H groups in total. The third kappa shape index (κ3) is 6.13. The quantitative estimate of drug-likeness (QED) is 0.689. The number of nitrogens with two attached hydrogens (primary N) is 1. The van der Waals surface area contributed by atoms with E-state index in [4.69, 9.17) is 15.2 Å². The van der Waals surface area contributed by atoms with Gasteiger partial charge in [0.15, 0.2) is 6.61 Å². The van der Waals surface area contributed by atoms with Crippen LogP contribution in [-0.4, -0.2) is 31.7 Å². The van der Waals surface area contributed by atoms with E-state index in [1.165, 1.54) is 0 Å². The van der Waals surface area contributed by atoms with Gasteiger partial charge in [-0.15, -0.1) is 0 Å². The van der Waals surface area contributed by atoms with Crippen molar-refractivity contribution in [1.82, 2.24) is 10.6 Å². The van der Waals surface area contributed by atoms with Crippen molar-refractivity contribution in [3.63, 3.8) is 0 Å². The molecule has 21 heavy (non-hydrogen) atoms. The lowest BCUT2D eigenvalue weighted by Crippen LogP contribution is -2.38. The van der Waals surface area contributed by atoms with Gasteiger partial charge in [-0.2, -0.15) is 0 Å². The van der Waals surface area contributed by atoms with Crippen molar-refractivity contribution in [2.75, 3.05) is 13.7 Å². The zero-order valence-corrected chi connectivity index (χ0v) is 12.4. The minimum absolute atomic E-state index is 0.288. The van der Waals surface area contributed by atoms with Crippen LogP contribution in [-0.2, 0) is 11.3 Å². The molecular weight excluding hydrogens is 274 g/mol. The molecule has 0 aliphatic heterocycles. The molecule has 0 atom stereocenters. The second-order valence-corrected chi connectivity index (χ2v) is 4.71. The molecule has 1 aromatic rings. The van der Waals surface area contributed by atoms with Crippen molar-refractivity contribution in [2.24, 2.45) is 5.73 Å². The fourth-order valence-corrected chi connectivity index (χ4v) is 1.59. The Morgan fingerprint density at radius 2 is 2.05 bits per heavy atom. The molecule has 0 aliphatic carbocycles. The Labute approximate surface area is 123 Å². The molecule has 0 fully saturated rings. The van der Waals surface area contributed by atoms with E-state index in [0.717, 1.165) is 5.56 Å². The molecule has 0 bridgehead atoms. The van der Waals surface area contributed by atoms with Crippen molar-refractivity contribution < 1.29 is 19.1 Å². The predicted octanol–water partition coefficient (Wildman–Crippen LogP) is 0.767. The Bertz CT molecular complexity index is 503. The van der Waals surface area contributed by atoms with Gasteiger partial charge in [0.25, 0.3) is 5.91 Å². The fourth-order valence-electron chi connectivity index (χ4n) is 1.59. The highest BCUT2D eigenvalue weighted by Gasteiger charge is 2.10. The lowest BCUT2D eigenvalue weighted by atomic mass is 10.1. The van der Waals surface area contributed by atoms with Gasteiger partial charge in [-0.1, -0.05) is 13.8 Å². The van der Waals surface area contributed by atoms with E-state index < -0.39 is 11.9 Å². The van der Waals surface area contributed by atoms with Crippen LogP contribution < -0.4 is 25.8 Å². The second kappa shape index (κ2) is 8.11. The van der Waals surface area contributed by atoms with Gasteiger partial charge >= 0.3 is 6.03 Å². The molecule has 3 amide bonds. The Balaban J connectivity index is 2.74. The van der Waals surface area contributed by atoms with Gasteiger partial charge in [0.2, 0.25) is 0 Å². The van der Waals surface area contributed by atoms with Crippen LogP contribution in [0.25, 0.3) is 0 Å². The van der Waals surface area contributed by atoms with E-state index >= 15 is 0 Å². The number of ether oxygens (including phenoxy) is 2. The maximum Gasteiger partial charge on any atom is 0.318 e. The van der Waals surface area contributed by atoms with Crippen LogP contribution in [0, 0.1) is 0 Å². The monoisotopic (exact) mass is 295 g/mol. The Kier molecular flexibility index (Phi) is 6.48. The van der Waals surface area contributed by atoms with Gasteiger partial charge in [-0.05, 0) is 18.2 Å². The fraction of sp³-hybridized carbons (Fsp3) is 0.429. The van der Waals surface area contributed by atoms with E-state index in [1.807, 2.05) is 25.2 Å². The molecule has 1 rings (SSSR count). The standard InChI is InChI=1S/C14H21N3O4/c1-9(2)16-7-10-6-11(20-3)4-5-12(10)21-8-13(18)17-14(15)19/h4-6,9,16H,7-8H2,1-3H3,(H3,15,17,18,19). The zero-order valence-electron chi connectivity index (χ0n) is 12.4. The molecular formula is C14H21N3O4. The van der Waals surface area contributed by atoms with Crippen molar-refractivity contribution >= 4 is 11.9 Å². The van der Waals surface area contributed by atoms with Crippen molar-refractivity contribution in [3.8, 4) is 11.5 Å². The molecule has 0 heterocycles. The molecule has 0 aromatic heterocycles. The number of benzene rings is 1. The Morgan fingerprint density at radius 3 is 2.62 bits per heavy atom. The van der Waals surface area contributed by atoms with Gasteiger partial charge in [-0.25, -0.2) is 4.79 Å². The summed E-state index contributed by atoms with van der Waals surface area (Å²) in [4.78, 5) is 21.9. The highest BCUT2D eigenvalue weighted by molar-refractivity contribution is 5.94. The summed E-state index contributed by atoms with van der Waals surface area (Å²) in [5.41, 5.74) is 5.71. The number of methoxy groups -OCH3 is 1. The number of hydrogen-bond donors (Lipinski definition) is 3. The van der Waals surface area contributed by atoms with Gasteiger partial charge in [0.05, 0.1) is 7.11 Å². The average Bonchev–Trinajstić information content (AvgIpc) is 2.42. The minimum atomic E-state index is -0.903. The highest BCUT2D eigenvalue weighted by atomic mass is 16.5. The maximum atomic E-state index is 11.4. The first kappa shape index (κ1) is 16.8. The zero-order chi connectivity index (χ0) is 15.8. The van der Waals surface area contributed by atoms with Gasteiger partial charge in [-0.3, -0.25) is 10.1 Å². The minimum Gasteiger partial charge on any atom is -0.497 e. The molecule has 7 heteroatoms.